The molecule has 0 unspecified atom stereocenters. The molecule has 8 aromatic rings. The van der Waals surface area contributed by atoms with Crippen molar-refractivity contribution in [3.8, 4) is 51.0 Å². The highest BCUT2D eigenvalue weighted by Crippen LogP contribution is 2.45. The zero-order valence-corrected chi connectivity index (χ0v) is 27.0. The largest absolute Gasteiger partial charge is 0.416 e. The third-order valence-corrected chi connectivity index (χ3v) is 8.92. The minimum Gasteiger partial charge on any atom is -0.247 e. The van der Waals surface area contributed by atoms with E-state index < -0.39 is 11.7 Å². The summed E-state index contributed by atoms with van der Waals surface area (Å²) in [4.78, 5) is 19.2. The Bertz CT molecular complexity index is 2740. The maximum absolute atomic E-state index is 14.2. The van der Waals surface area contributed by atoms with Crippen LogP contribution in [0.1, 0.15) is 16.7 Å². The van der Waals surface area contributed by atoms with E-state index in [1.165, 1.54) is 6.07 Å². The van der Waals surface area contributed by atoms with E-state index in [4.69, 9.17) is 21.5 Å². The Balaban J connectivity index is 1.58. The van der Waals surface area contributed by atoms with Gasteiger partial charge in [0.05, 0.1) is 57.4 Å². The molecule has 0 aliphatic heterocycles. The molecule has 2 heterocycles. The monoisotopic (exact) mass is 667 g/mol. The van der Waals surface area contributed by atoms with Crippen LogP contribution in [0.2, 0.25) is 0 Å². The lowest BCUT2D eigenvalue weighted by molar-refractivity contribution is -0.137. The SMILES string of the molecule is [C-]#[N+]c1ccc(-c2nc3cc(-c4cc(C)cc(C(F)(F)F)c4)c4c5ccccc5nc(-c5ccccc5)c4c3nc2-c2ccc(C#N)cc2)cc1. The Kier molecular flexibility index (Phi) is 7.51. The number of hydrogen-bond acceptors (Lipinski definition) is 4. The molecule has 5 nitrogen and oxygen atoms in total. The summed E-state index contributed by atoms with van der Waals surface area (Å²) in [6.07, 6.45) is -4.55. The summed E-state index contributed by atoms with van der Waals surface area (Å²) >= 11 is 0. The van der Waals surface area contributed by atoms with Gasteiger partial charge in [-0.25, -0.2) is 19.8 Å². The molecule has 0 saturated carbocycles. The Morgan fingerprint density at radius 1 is 0.627 bits per heavy atom. The van der Waals surface area contributed by atoms with Gasteiger partial charge in [0.25, 0.3) is 0 Å². The number of nitriles is 1. The lowest BCUT2D eigenvalue weighted by atomic mass is 9.90. The molecular formula is C43H24F3N5. The van der Waals surface area contributed by atoms with Gasteiger partial charge >= 0.3 is 6.18 Å². The van der Waals surface area contributed by atoms with Crippen molar-refractivity contribution < 1.29 is 13.2 Å². The van der Waals surface area contributed by atoms with E-state index in [2.05, 4.69) is 10.9 Å². The molecule has 0 amide bonds. The van der Waals surface area contributed by atoms with Gasteiger partial charge < -0.3 is 0 Å². The number of pyridine rings is 1. The topological polar surface area (TPSA) is 66.8 Å². The first kappa shape index (κ1) is 31.4. The number of hydrogen-bond donors (Lipinski definition) is 0. The fraction of sp³-hybridized carbons (Fsp3) is 0.0465. The predicted octanol–water partition coefficient (Wildman–Crippen LogP) is 11.7. The second-order valence-electron chi connectivity index (χ2n) is 12.2. The molecule has 0 aliphatic rings. The van der Waals surface area contributed by atoms with E-state index in [9.17, 15) is 18.4 Å². The second-order valence-corrected chi connectivity index (χ2v) is 12.2. The van der Waals surface area contributed by atoms with Crippen LogP contribution in [-0.2, 0) is 6.18 Å². The van der Waals surface area contributed by atoms with E-state index in [1.54, 1.807) is 49.4 Å². The molecule has 0 fully saturated rings. The highest BCUT2D eigenvalue weighted by atomic mass is 19.4. The van der Waals surface area contributed by atoms with Gasteiger partial charge in [0, 0.05) is 27.3 Å². The van der Waals surface area contributed by atoms with Crippen molar-refractivity contribution in [2.75, 3.05) is 0 Å². The number of aromatic nitrogens is 3. The summed E-state index contributed by atoms with van der Waals surface area (Å²) in [6, 6.07) is 39.4. The average molecular weight is 668 g/mol. The minimum atomic E-state index is -4.55. The lowest BCUT2D eigenvalue weighted by Gasteiger charge is -2.19. The Morgan fingerprint density at radius 2 is 1.25 bits per heavy atom. The number of alkyl halides is 3. The number of halogens is 3. The van der Waals surface area contributed by atoms with E-state index in [1.807, 2.05) is 72.8 Å². The second kappa shape index (κ2) is 12.2. The Morgan fingerprint density at radius 3 is 1.94 bits per heavy atom. The van der Waals surface area contributed by atoms with Crippen molar-refractivity contribution in [2.24, 2.45) is 0 Å². The summed E-state index contributed by atoms with van der Waals surface area (Å²) in [5.74, 6) is 0. The van der Waals surface area contributed by atoms with Crippen LogP contribution in [0, 0.1) is 24.8 Å². The number of para-hydroxylation sites is 1. The summed E-state index contributed by atoms with van der Waals surface area (Å²) in [7, 11) is 0. The summed E-state index contributed by atoms with van der Waals surface area (Å²) in [5, 5.41) is 11.6. The number of fused-ring (bicyclic) bond motifs is 5. The number of benzene rings is 6. The molecular weight excluding hydrogens is 644 g/mol. The number of nitrogens with zero attached hydrogens (tertiary/aromatic N) is 5. The maximum Gasteiger partial charge on any atom is 0.416 e. The standard InChI is InChI=1S/C43H24F3N5/c1-25-20-30(22-31(21-25)43(44,45)46)34-23-36-42(38-37(34)33-10-6-7-11-35(33)49-39(38)27-8-4-3-5-9-27)51-41(28-14-12-26(24-47)13-15-28)40(50-36)29-16-18-32(48-2)19-17-29/h3-23H,1H3. The molecule has 8 heteroatoms. The van der Waals surface area contributed by atoms with Crippen LogP contribution in [0.4, 0.5) is 18.9 Å². The van der Waals surface area contributed by atoms with Crippen molar-refractivity contribution in [1.82, 2.24) is 15.0 Å². The van der Waals surface area contributed by atoms with Crippen LogP contribution in [0.3, 0.4) is 0 Å². The fourth-order valence-electron chi connectivity index (χ4n) is 6.60. The van der Waals surface area contributed by atoms with Crippen LogP contribution >= 0.6 is 0 Å². The first-order valence-electron chi connectivity index (χ1n) is 16.0. The van der Waals surface area contributed by atoms with Gasteiger partial charge in [-0.05, 0) is 65.6 Å². The van der Waals surface area contributed by atoms with E-state index in [0.29, 0.717) is 83.5 Å². The predicted molar refractivity (Wildman–Crippen MR) is 195 cm³/mol. The van der Waals surface area contributed by atoms with Crippen molar-refractivity contribution in [1.29, 1.82) is 5.26 Å². The van der Waals surface area contributed by atoms with Crippen LogP contribution in [0.25, 0.3) is 82.5 Å². The first-order valence-corrected chi connectivity index (χ1v) is 16.0. The fourth-order valence-corrected chi connectivity index (χ4v) is 6.60. The Labute approximate surface area is 290 Å². The van der Waals surface area contributed by atoms with E-state index >= 15 is 0 Å². The van der Waals surface area contributed by atoms with Gasteiger partial charge in [0.1, 0.15) is 0 Å². The highest BCUT2D eigenvalue weighted by molar-refractivity contribution is 6.25. The van der Waals surface area contributed by atoms with Crippen molar-refractivity contribution in [3.63, 3.8) is 0 Å². The van der Waals surface area contributed by atoms with Crippen LogP contribution < -0.4 is 0 Å². The number of rotatable bonds is 4. The Hall–Kier alpha value is -6.90. The minimum absolute atomic E-state index is 0.394. The molecule has 0 N–H and O–H groups in total. The van der Waals surface area contributed by atoms with E-state index in [-0.39, 0.29) is 0 Å². The molecule has 0 bridgehead atoms. The van der Waals surface area contributed by atoms with Gasteiger partial charge in [0.2, 0.25) is 0 Å². The molecule has 0 atom stereocenters. The molecule has 242 valence electrons. The number of aryl methyl sites for hydroxylation is 1. The average Bonchev–Trinajstić information content (AvgIpc) is 3.16. The molecule has 0 saturated heterocycles. The van der Waals surface area contributed by atoms with Crippen molar-refractivity contribution in [3.05, 3.63) is 156 Å². The normalized spacial score (nSPS) is 11.5. The van der Waals surface area contributed by atoms with Crippen molar-refractivity contribution in [2.45, 2.75) is 13.1 Å². The zero-order valence-electron chi connectivity index (χ0n) is 27.0. The highest BCUT2D eigenvalue weighted by Gasteiger charge is 2.31. The molecule has 0 spiro atoms. The van der Waals surface area contributed by atoms with Gasteiger partial charge in [-0.15, -0.1) is 0 Å². The van der Waals surface area contributed by atoms with E-state index in [0.717, 1.165) is 17.0 Å². The first-order chi connectivity index (χ1) is 24.7. The molecule has 0 radical (unpaired) electrons. The summed E-state index contributed by atoms with van der Waals surface area (Å²) < 4.78 is 42.7. The van der Waals surface area contributed by atoms with Gasteiger partial charge in [-0.1, -0.05) is 91.0 Å². The quantitative estimate of drug-likeness (QED) is 0.138. The molecule has 2 aromatic heterocycles. The van der Waals surface area contributed by atoms with Gasteiger partial charge in [0.15, 0.2) is 5.69 Å². The van der Waals surface area contributed by atoms with Gasteiger partial charge in [-0.2, -0.15) is 18.4 Å². The third-order valence-electron chi connectivity index (χ3n) is 8.92. The lowest BCUT2D eigenvalue weighted by Crippen LogP contribution is -2.05. The van der Waals surface area contributed by atoms with Crippen LogP contribution in [0.5, 0.6) is 0 Å². The molecule has 6 aromatic carbocycles. The molecule has 0 aliphatic carbocycles. The van der Waals surface area contributed by atoms with Crippen molar-refractivity contribution >= 4 is 38.4 Å². The molecule has 51 heavy (non-hydrogen) atoms. The van der Waals surface area contributed by atoms with Crippen LogP contribution in [-0.4, -0.2) is 15.0 Å². The molecule has 8 rings (SSSR count). The summed E-state index contributed by atoms with van der Waals surface area (Å²) in [6.45, 7) is 9.09. The van der Waals surface area contributed by atoms with Gasteiger partial charge in [-0.3, -0.25) is 0 Å². The van der Waals surface area contributed by atoms with Crippen LogP contribution in [0.15, 0.2) is 127 Å². The summed E-state index contributed by atoms with van der Waals surface area (Å²) in [5.41, 5.74) is 7.22. The smallest absolute Gasteiger partial charge is 0.247 e. The third kappa shape index (κ3) is 5.59. The maximum atomic E-state index is 14.2. The zero-order chi connectivity index (χ0) is 35.3.